The highest BCUT2D eigenvalue weighted by Gasteiger charge is 2.06. The highest BCUT2D eigenvalue weighted by molar-refractivity contribution is 5.69. The van der Waals surface area contributed by atoms with Gasteiger partial charge in [0.05, 0.1) is 13.5 Å². The molecule has 0 rings (SSSR count). The minimum absolute atomic E-state index is 0.144. The van der Waals surface area contributed by atoms with Crippen molar-refractivity contribution in [3.63, 3.8) is 0 Å². The highest BCUT2D eigenvalue weighted by atomic mass is 16.5. The van der Waals surface area contributed by atoms with Crippen LogP contribution in [0.5, 0.6) is 0 Å². The predicted octanol–water partition coefficient (Wildman–Crippen LogP) is -0.514. The third-order valence-electron chi connectivity index (χ3n) is 1.34. The zero-order valence-corrected chi connectivity index (χ0v) is 7.09. The quantitative estimate of drug-likeness (QED) is 0.531. The lowest BCUT2D eigenvalue weighted by atomic mass is 10.2. The lowest BCUT2D eigenvalue weighted by Crippen LogP contribution is -2.32. The molecule has 4 heteroatoms. The molecule has 0 saturated carbocycles. The van der Waals surface area contributed by atoms with Crippen LogP contribution in [-0.4, -0.2) is 32.2 Å². The first kappa shape index (κ1) is 10.4. The fourth-order valence-corrected chi connectivity index (χ4v) is 0.735. The molecule has 0 amide bonds. The van der Waals surface area contributed by atoms with Crippen LogP contribution in [0.2, 0.25) is 0 Å². The first-order valence-corrected chi connectivity index (χ1v) is 3.71. The zero-order chi connectivity index (χ0) is 8.69. The second-order valence-electron chi connectivity index (χ2n) is 2.42. The fourth-order valence-electron chi connectivity index (χ4n) is 0.735. The van der Waals surface area contributed by atoms with Gasteiger partial charge in [0.15, 0.2) is 0 Å². The summed E-state index contributed by atoms with van der Waals surface area (Å²) in [6.45, 7) is 3.25. The van der Waals surface area contributed by atoms with Crippen molar-refractivity contribution < 1.29 is 9.53 Å². The molecule has 3 N–H and O–H groups in total. The number of carbonyl (C=O) groups excluding carboxylic acids is 1. The highest BCUT2D eigenvalue weighted by Crippen LogP contribution is 1.91. The van der Waals surface area contributed by atoms with Crippen LogP contribution >= 0.6 is 0 Å². The maximum Gasteiger partial charge on any atom is 0.307 e. The summed E-state index contributed by atoms with van der Waals surface area (Å²) in [6.07, 6.45) is 0.399. The van der Waals surface area contributed by atoms with E-state index in [0.29, 0.717) is 13.0 Å². The Bertz CT molecular complexity index is 117. The molecule has 0 aliphatic carbocycles. The van der Waals surface area contributed by atoms with Crippen molar-refractivity contribution in [3.05, 3.63) is 0 Å². The monoisotopic (exact) mass is 160 g/mol. The van der Waals surface area contributed by atoms with E-state index in [4.69, 9.17) is 5.73 Å². The maximum absolute atomic E-state index is 10.7. The van der Waals surface area contributed by atoms with Crippen molar-refractivity contribution >= 4 is 5.97 Å². The Morgan fingerprint density at radius 2 is 2.36 bits per heavy atom. The minimum atomic E-state index is -0.193. The Kier molecular flexibility index (Phi) is 5.78. The van der Waals surface area contributed by atoms with E-state index in [2.05, 4.69) is 10.1 Å². The summed E-state index contributed by atoms with van der Waals surface area (Å²) >= 11 is 0. The van der Waals surface area contributed by atoms with Gasteiger partial charge in [-0.05, 0) is 6.92 Å². The molecule has 1 atom stereocenters. The molecule has 0 bridgehead atoms. The molecule has 0 fully saturated rings. The molecule has 66 valence electrons. The molecule has 0 aromatic rings. The van der Waals surface area contributed by atoms with Gasteiger partial charge >= 0.3 is 5.97 Å². The lowest BCUT2D eigenvalue weighted by molar-refractivity contribution is -0.141. The van der Waals surface area contributed by atoms with Gasteiger partial charge in [0.2, 0.25) is 0 Å². The smallest absolute Gasteiger partial charge is 0.307 e. The van der Waals surface area contributed by atoms with Crippen LogP contribution in [0.25, 0.3) is 0 Å². The molecule has 0 aliphatic rings. The summed E-state index contributed by atoms with van der Waals surface area (Å²) in [5.41, 5.74) is 5.26. The lowest BCUT2D eigenvalue weighted by Gasteiger charge is -2.10. The summed E-state index contributed by atoms with van der Waals surface area (Å²) in [6, 6.07) is 0.144. The molecule has 4 nitrogen and oxygen atoms in total. The number of methoxy groups -OCH3 is 1. The van der Waals surface area contributed by atoms with E-state index >= 15 is 0 Å². The second kappa shape index (κ2) is 6.12. The van der Waals surface area contributed by atoms with Gasteiger partial charge < -0.3 is 15.8 Å². The molecule has 0 saturated heterocycles. The third-order valence-corrected chi connectivity index (χ3v) is 1.34. The molecule has 0 radical (unpaired) electrons. The fraction of sp³-hybridized carbons (Fsp3) is 0.857. The number of rotatable bonds is 5. The normalized spacial score (nSPS) is 12.6. The molecule has 0 spiro atoms. The second-order valence-corrected chi connectivity index (χ2v) is 2.42. The number of carbonyl (C=O) groups is 1. The van der Waals surface area contributed by atoms with E-state index in [0.717, 1.165) is 6.54 Å². The van der Waals surface area contributed by atoms with Gasteiger partial charge in [-0.3, -0.25) is 4.79 Å². The summed E-state index contributed by atoms with van der Waals surface area (Å²) in [5, 5.41) is 3.07. The molecule has 0 aromatic heterocycles. The average Bonchev–Trinajstić information content (AvgIpc) is 2.00. The SMILES string of the molecule is COC(=O)C[C@@H](C)NCCN. The van der Waals surface area contributed by atoms with Gasteiger partial charge in [-0.1, -0.05) is 0 Å². The molecule has 0 heterocycles. The topological polar surface area (TPSA) is 64.3 Å². The summed E-state index contributed by atoms with van der Waals surface area (Å²) in [4.78, 5) is 10.7. The number of hydrogen-bond donors (Lipinski definition) is 2. The minimum Gasteiger partial charge on any atom is -0.469 e. The Labute approximate surface area is 67.1 Å². The first-order valence-electron chi connectivity index (χ1n) is 3.71. The number of hydrogen-bond acceptors (Lipinski definition) is 4. The van der Waals surface area contributed by atoms with Crippen LogP contribution < -0.4 is 11.1 Å². The Balaban J connectivity index is 3.35. The Morgan fingerprint density at radius 1 is 1.73 bits per heavy atom. The predicted molar refractivity (Wildman–Crippen MR) is 43.2 cm³/mol. The summed E-state index contributed by atoms with van der Waals surface area (Å²) < 4.78 is 4.49. The largest absolute Gasteiger partial charge is 0.469 e. The van der Waals surface area contributed by atoms with E-state index in [1.807, 2.05) is 6.92 Å². The van der Waals surface area contributed by atoms with E-state index in [9.17, 15) is 4.79 Å². The molecular formula is C7H16N2O2. The van der Waals surface area contributed by atoms with Gasteiger partial charge in [0, 0.05) is 19.1 Å². The van der Waals surface area contributed by atoms with E-state index in [-0.39, 0.29) is 12.0 Å². The van der Waals surface area contributed by atoms with Gasteiger partial charge in [0.25, 0.3) is 0 Å². The van der Waals surface area contributed by atoms with E-state index in [1.54, 1.807) is 0 Å². The Hall–Kier alpha value is -0.610. The number of nitrogens with one attached hydrogen (secondary N) is 1. The van der Waals surface area contributed by atoms with Crippen molar-refractivity contribution in [2.24, 2.45) is 5.73 Å². The maximum atomic E-state index is 10.7. The van der Waals surface area contributed by atoms with Crippen LogP contribution in [0, 0.1) is 0 Å². The van der Waals surface area contributed by atoms with Crippen LogP contribution in [-0.2, 0) is 9.53 Å². The van der Waals surface area contributed by atoms with Crippen molar-refractivity contribution in [2.75, 3.05) is 20.2 Å². The molecule has 0 unspecified atom stereocenters. The summed E-state index contributed by atoms with van der Waals surface area (Å²) in [7, 11) is 1.39. The zero-order valence-electron chi connectivity index (χ0n) is 7.09. The number of esters is 1. The Morgan fingerprint density at radius 3 is 2.82 bits per heavy atom. The van der Waals surface area contributed by atoms with Gasteiger partial charge in [-0.15, -0.1) is 0 Å². The van der Waals surface area contributed by atoms with Gasteiger partial charge in [0.1, 0.15) is 0 Å². The van der Waals surface area contributed by atoms with Crippen molar-refractivity contribution in [3.8, 4) is 0 Å². The summed E-state index contributed by atoms with van der Waals surface area (Å²) in [5.74, 6) is -0.193. The standard InChI is InChI=1S/C7H16N2O2/c1-6(9-4-3-8)5-7(10)11-2/h6,9H,3-5,8H2,1-2H3/t6-/m1/s1. The van der Waals surface area contributed by atoms with E-state index in [1.165, 1.54) is 7.11 Å². The van der Waals surface area contributed by atoms with Crippen LogP contribution in [0.4, 0.5) is 0 Å². The van der Waals surface area contributed by atoms with E-state index < -0.39 is 0 Å². The van der Waals surface area contributed by atoms with Crippen LogP contribution in [0.15, 0.2) is 0 Å². The van der Waals surface area contributed by atoms with Crippen molar-refractivity contribution in [2.45, 2.75) is 19.4 Å². The average molecular weight is 160 g/mol. The van der Waals surface area contributed by atoms with Crippen LogP contribution in [0.3, 0.4) is 0 Å². The molecule has 11 heavy (non-hydrogen) atoms. The number of ether oxygens (including phenoxy) is 1. The molecule has 0 aromatic carbocycles. The van der Waals surface area contributed by atoms with Crippen molar-refractivity contribution in [1.29, 1.82) is 0 Å². The molecular weight excluding hydrogens is 144 g/mol. The molecule has 0 aliphatic heterocycles. The number of nitrogens with two attached hydrogens (primary N) is 1. The van der Waals surface area contributed by atoms with Gasteiger partial charge in [-0.2, -0.15) is 0 Å². The third kappa shape index (κ3) is 5.82. The van der Waals surface area contributed by atoms with Crippen LogP contribution in [0.1, 0.15) is 13.3 Å². The first-order chi connectivity index (χ1) is 5.20. The van der Waals surface area contributed by atoms with Gasteiger partial charge in [-0.25, -0.2) is 0 Å². The van der Waals surface area contributed by atoms with Crippen molar-refractivity contribution in [1.82, 2.24) is 5.32 Å².